The molecule has 0 radical (unpaired) electrons. The van der Waals surface area contributed by atoms with Gasteiger partial charge in [0.2, 0.25) is 0 Å². The van der Waals surface area contributed by atoms with E-state index in [4.69, 9.17) is 0 Å². The maximum Gasteiger partial charge on any atom is 0.251 e. The van der Waals surface area contributed by atoms with Gasteiger partial charge < -0.3 is 10.6 Å². The molecule has 0 bridgehead atoms. The first-order valence-corrected chi connectivity index (χ1v) is 9.37. The molecule has 6 heteroatoms. The van der Waals surface area contributed by atoms with Crippen molar-refractivity contribution >= 4 is 15.7 Å². The van der Waals surface area contributed by atoms with Crippen molar-refractivity contribution < 1.29 is 13.2 Å². The molecule has 0 unspecified atom stereocenters. The Morgan fingerprint density at radius 3 is 2.36 bits per heavy atom. The fraction of sp³-hybridized carbons (Fsp3) is 0.562. The van der Waals surface area contributed by atoms with Crippen LogP contribution in [0.3, 0.4) is 0 Å². The molecule has 0 heterocycles. The molecule has 1 aromatic carbocycles. The topological polar surface area (TPSA) is 75.3 Å². The molecule has 0 aliphatic heterocycles. The van der Waals surface area contributed by atoms with Gasteiger partial charge in [-0.2, -0.15) is 0 Å². The van der Waals surface area contributed by atoms with Crippen molar-refractivity contribution in [2.75, 3.05) is 20.1 Å². The second kappa shape index (κ2) is 7.74. The summed E-state index contributed by atoms with van der Waals surface area (Å²) in [7, 11) is -1.38. The van der Waals surface area contributed by atoms with Gasteiger partial charge in [-0.1, -0.05) is 12.8 Å². The van der Waals surface area contributed by atoms with E-state index in [2.05, 4.69) is 10.6 Å². The van der Waals surface area contributed by atoms with Crippen molar-refractivity contribution in [3.63, 3.8) is 0 Å². The van der Waals surface area contributed by atoms with Gasteiger partial charge in [0.15, 0.2) is 9.84 Å². The Kier molecular flexibility index (Phi) is 5.97. The lowest BCUT2D eigenvalue weighted by Gasteiger charge is -2.11. The lowest BCUT2D eigenvalue weighted by molar-refractivity contribution is 0.0953. The number of nitrogens with one attached hydrogen (secondary N) is 2. The zero-order valence-corrected chi connectivity index (χ0v) is 13.8. The SMILES string of the molecule is CNCCCNC(=O)c1ccc(S(=O)(=O)C2CCCC2)cc1. The molecular formula is C16H24N2O3S. The van der Waals surface area contributed by atoms with Crippen LogP contribution in [0.5, 0.6) is 0 Å². The molecule has 2 N–H and O–H groups in total. The minimum Gasteiger partial charge on any atom is -0.352 e. The molecule has 1 aliphatic carbocycles. The zero-order valence-electron chi connectivity index (χ0n) is 13.0. The normalized spacial score (nSPS) is 15.9. The fourth-order valence-corrected chi connectivity index (χ4v) is 4.61. The smallest absolute Gasteiger partial charge is 0.251 e. The Balaban J connectivity index is 1.99. The minimum atomic E-state index is -3.25. The quantitative estimate of drug-likeness (QED) is 0.749. The predicted octanol–water partition coefficient (Wildman–Crippen LogP) is 1.74. The van der Waals surface area contributed by atoms with Crippen molar-refractivity contribution in [2.45, 2.75) is 42.2 Å². The van der Waals surface area contributed by atoms with Crippen molar-refractivity contribution in [1.29, 1.82) is 0 Å². The van der Waals surface area contributed by atoms with Gasteiger partial charge in [0.05, 0.1) is 10.1 Å². The Hall–Kier alpha value is -1.40. The number of amides is 1. The molecule has 5 nitrogen and oxygen atoms in total. The summed E-state index contributed by atoms with van der Waals surface area (Å²) < 4.78 is 24.9. The van der Waals surface area contributed by atoms with Crippen LogP contribution in [0, 0.1) is 0 Å². The van der Waals surface area contributed by atoms with Crippen molar-refractivity contribution in [2.24, 2.45) is 0 Å². The standard InChI is InChI=1S/C16H24N2O3S/c1-17-11-4-12-18-16(19)13-7-9-15(10-8-13)22(20,21)14-5-2-3-6-14/h7-10,14,17H,2-6,11-12H2,1H3,(H,18,19). The molecule has 0 spiro atoms. The predicted molar refractivity (Wildman–Crippen MR) is 86.8 cm³/mol. The first-order chi connectivity index (χ1) is 10.6. The fourth-order valence-electron chi connectivity index (χ4n) is 2.76. The average molecular weight is 324 g/mol. The second-order valence-electron chi connectivity index (χ2n) is 5.69. The van der Waals surface area contributed by atoms with E-state index in [1.807, 2.05) is 7.05 Å². The molecule has 22 heavy (non-hydrogen) atoms. The molecule has 0 atom stereocenters. The van der Waals surface area contributed by atoms with Gasteiger partial charge >= 0.3 is 0 Å². The Morgan fingerprint density at radius 2 is 1.77 bits per heavy atom. The van der Waals surface area contributed by atoms with E-state index in [1.54, 1.807) is 24.3 Å². The van der Waals surface area contributed by atoms with Gasteiger partial charge in [-0.3, -0.25) is 4.79 Å². The van der Waals surface area contributed by atoms with E-state index < -0.39 is 9.84 Å². The van der Waals surface area contributed by atoms with Gasteiger partial charge in [-0.25, -0.2) is 8.42 Å². The molecule has 0 aromatic heterocycles. The highest BCUT2D eigenvalue weighted by atomic mass is 32.2. The summed E-state index contributed by atoms with van der Waals surface area (Å²) in [6, 6.07) is 6.29. The zero-order chi connectivity index (χ0) is 16.0. The van der Waals surface area contributed by atoms with E-state index in [1.165, 1.54) is 0 Å². The van der Waals surface area contributed by atoms with Crippen LogP contribution in [0.2, 0.25) is 0 Å². The molecule has 2 rings (SSSR count). The van der Waals surface area contributed by atoms with Crippen LogP contribution < -0.4 is 10.6 Å². The van der Waals surface area contributed by atoms with Gasteiger partial charge in [0.1, 0.15) is 0 Å². The average Bonchev–Trinajstić information content (AvgIpc) is 3.07. The molecule has 1 aromatic rings. The van der Waals surface area contributed by atoms with Crippen LogP contribution in [0.4, 0.5) is 0 Å². The Bertz CT molecular complexity index is 590. The highest BCUT2D eigenvalue weighted by Crippen LogP contribution is 2.29. The summed E-state index contributed by atoms with van der Waals surface area (Å²) in [6.45, 7) is 1.45. The van der Waals surface area contributed by atoms with E-state index in [-0.39, 0.29) is 11.2 Å². The van der Waals surface area contributed by atoms with Gasteiger partial charge in [0.25, 0.3) is 5.91 Å². The van der Waals surface area contributed by atoms with Crippen LogP contribution in [0.15, 0.2) is 29.2 Å². The largest absolute Gasteiger partial charge is 0.352 e. The van der Waals surface area contributed by atoms with Gasteiger partial charge in [0, 0.05) is 12.1 Å². The third-order valence-corrected chi connectivity index (χ3v) is 6.35. The van der Waals surface area contributed by atoms with Crippen LogP contribution in [-0.2, 0) is 9.84 Å². The number of hydrogen-bond acceptors (Lipinski definition) is 4. The molecule has 1 saturated carbocycles. The summed E-state index contributed by atoms with van der Waals surface area (Å²) in [4.78, 5) is 12.3. The molecular weight excluding hydrogens is 300 g/mol. The monoisotopic (exact) mass is 324 g/mol. The number of hydrogen-bond donors (Lipinski definition) is 2. The lowest BCUT2D eigenvalue weighted by Crippen LogP contribution is -2.26. The summed E-state index contributed by atoms with van der Waals surface area (Å²) in [5, 5.41) is 5.58. The van der Waals surface area contributed by atoms with Crippen LogP contribution in [0.25, 0.3) is 0 Å². The Labute approximate surface area is 132 Å². The van der Waals surface area contributed by atoms with Crippen molar-refractivity contribution in [1.82, 2.24) is 10.6 Å². The van der Waals surface area contributed by atoms with Crippen LogP contribution in [-0.4, -0.2) is 39.7 Å². The number of benzene rings is 1. The van der Waals surface area contributed by atoms with E-state index in [9.17, 15) is 13.2 Å². The van der Waals surface area contributed by atoms with E-state index in [0.29, 0.717) is 17.0 Å². The van der Waals surface area contributed by atoms with E-state index >= 15 is 0 Å². The third-order valence-electron chi connectivity index (χ3n) is 4.08. The number of rotatable bonds is 7. The Morgan fingerprint density at radius 1 is 1.14 bits per heavy atom. The maximum atomic E-state index is 12.5. The summed E-state index contributed by atoms with van der Waals surface area (Å²) in [6.07, 6.45) is 4.32. The van der Waals surface area contributed by atoms with Crippen molar-refractivity contribution in [3.8, 4) is 0 Å². The highest BCUT2D eigenvalue weighted by molar-refractivity contribution is 7.92. The molecule has 122 valence electrons. The summed E-state index contributed by atoms with van der Waals surface area (Å²) >= 11 is 0. The first-order valence-electron chi connectivity index (χ1n) is 7.82. The summed E-state index contributed by atoms with van der Waals surface area (Å²) in [5.74, 6) is -0.166. The van der Waals surface area contributed by atoms with Crippen LogP contribution in [0.1, 0.15) is 42.5 Å². The van der Waals surface area contributed by atoms with Gasteiger partial charge in [-0.05, 0) is 57.1 Å². The molecule has 1 aliphatic rings. The molecule has 0 saturated heterocycles. The van der Waals surface area contributed by atoms with Crippen molar-refractivity contribution in [3.05, 3.63) is 29.8 Å². The number of sulfone groups is 1. The molecule has 1 fully saturated rings. The van der Waals surface area contributed by atoms with Crippen LogP contribution >= 0.6 is 0 Å². The molecule has 1 amide bonds. The number of carbonyl (C=O) groups is 1. The summed E-state index contributed by atoms with van der Waals surface area (Å²) in [5.41, 5.74) is 0.495. The maximum absolute atomic E-state index is 12.5. The second-order valence-corrected chi connectivity index (χ2v) is 7.92. The first kappa shape index (κ1) is 17.0. The van der Waals surface area contributed by atoms with E-state index in [0.717, 1.165) is 38.6 Å². The lowest BCUT2D eigenvalue weighted by atomic mass is 10.2. The number of carbonyl (C=O) groups excluding carboxylic acids is 1. The van der Waals surface area contributed by atoms with Gasteiger partial charge in [-0.15, -0.1) is 0 Å². The third kappa shape index (κ3) is 4.08. The highest BCUT2D eigenvalue weighted by Gasteiger charge is 2.30. The minimum absolute atomic E-state index is 0.166.